The number of hydrogen-bond donors (Lipinski definition) is 1. The molecule has 192 valence electrons. The van der Waals surface area contributed by atoms with Crippen molar-refractivity contribution in [3.8, 4) is 22.5 Å². The molecule has 1 saturated heterocycles. The quantitative estimate of drug-likeness (QED) is 0.280. The molecule has 0 unspecified atom stereocenters. The number of thiazole rings is 1. The Morgan fingerprint density at radius 2 is 1.86 bits per heavy atom. The van der Waals surface area contributed by atoms with E-state index < -0.39 is 29.3 Å². The first-order valence-electron chi connectivity index (χ1n) is 11.6. The van der Waals surface area contributed by atoms with Crippen LogP contribution < -0.4 is 5.32 Å². The molecule has 0 saturated carbocycles. The van der Waals surface area contributed by atoms with Crippen molar-refractivity contribution in [2.24, 2.45) is 0 Å². The van der Waals surface area contributed by atoms with Crippen molar-refractivity contribution in [3.05, 3.63) is 76.1 Å². The molecule has 1 fully saturated rings. The van der Waals surface area contributed by atoms with Crippen LogP contribution in [0.25, 0.3) is 22.5 Å². The minimum Gasteiger partial charge on any atom is -0.360 e. The van der Waals surface area contributed by atoms with Crippen LogP contribution in [0.3, 0.4) is 0 Å². The summed E-state index contributed by atoms with van der Waals surface area (Å²) in [7, 11) is 0. The number of likely N-dealkylation sites (tertiary alicyclic amines) is 1. The van der Waals surface area contributed by atoms with Crippen molar-refractivity contribution in [1.29, 1.82) is 0 Å². The van der Waals surface area contributed by atoms with Crippen LogP contribution in [0.2, 0.25) is 0 Å². The zero-order valence-electron chi connectivity index (χ0n) is 19.7. The van der Waals surface area contributed by atoms with Crippen LogP contribution in [0.15, 0.2) is 58.4 Å². The van der Waals surface area contributed by atoms with E-state index in [9.17, 15) is 22.4 Å². The summed E-state index contributed by atoms with van der Waals surface area (Å²) in [6, 6.07) is 11.2. The fraction of sp³-hybridized carbons (Fsp3) is 0.269. The third-order valence-corrected chi connectivity index (χ3v) is 7.36. The summed E-state index contributed by atoms with van der Waals surface area (Å²) in [4.78, 5) is 19.0. The third kappa shape index (κ3) is 5.22. The van der Waals surface area contributed by atoms with E-state index in [2.05, 4.69) is 10.5 Å². The number of rotatable bonds is 4. The van der Waals surface area contributed by atoms with Gasteiger partial charge in [-0.1, -0.05) is 35.5 Å². The number of amides is 2. The summed E-state index contributed by atoms with van der Waals surface area (Å²) in [5.74, 6) is -0.243. The molecule has 3 heterocycles. The maximum Gasteiger partial charge on any atom is 0.418 e. The van der Waals surface area contributed by atoms with Crippen molar-refractivity contribution in [2.45, 2.75) is 31.9 Å². The van der Waals surface area contributed by atoms with Crippen molar-refractivity contribution in [2.75, 3.05) is 18.4 Å². The van der Waals surface area contributed by atoms with E-state index in [1.165, 1.54) is 16.2 Å². The Balaban J connectivity index is 1.26. The second-order valence-electron chi connectivity index (χ2n) is 8.78. The van der Waals surface area contributed by atoms with Gasteiger partial charge in [0.2, 0.25) is 0 Å². The molecule has 37 heavy (non-hydrogen) atoms. The average Bonchev–Trinajstić information content (AvgIpc) is 3.52. The van der Waals surface area contributed by atoms with Gasteiger partial charge in [-0.2, -0.15) is 13.2 Å². The molecule has 0 spiro atoms. The molecule has 1 aliphatic rings. The van der Waals surface area contributed by atoms with Crippen LogP contribution in [0.1, 0.15) is 35.1 Å². The summed E-state index contributed by atoms with van der Waals surface area (Å²) in [6.07, 6.45) is -3.56. The van der Waals surface area contributed by atoms with E-state index >= 15 is 0 Å². The van der Waals surface area contributed by atoms with Gasteiger partial charge in [-0.15, -0.1) is 11.3 Å². The number of carbonyl (C=O) groups excluding carboxylic acids is 1. The highest BCUT2D eigenvalue weighted by Crippen LogP contribution is 2.39. The second kappa shape index (κ2) is 9.97. The molecule has 1 N–H and O–H groups in total. The molecular weight excluding hydrogens is 508 g/mol. The minimum atomic E-state index is -4.79. The Hall–Kier alpha value is -3.73. The number of hydrogen-bond acceptors (Lipinski definition) is 5. The van der Waals surface area contributed by atoms with Crippen molar-refractivity contribution in [1.82, 2.24) is 15.0 Å². The molecule has 5 rings (SSSR count). The SMILES string of the molecule is Cc1onc(-c2ccccc2)c1-c1csc(C2CCN(C(=O)Nc3ccc(F)cc3C(F)(F)F)CC2)n1. The lowest BCUT2D eigenvalue weighted by atomic mass is 9.97. The van der Waals surface area contributed by atoms with Crippen LogP contribution >= 0.6 is 11.3 Å². The van der Waals surface area contributed by atoms with Crippen molar-refractivity contribution >= 4 is 23.1 Å². The van der Waals surface area contributed by atoms with Crippen LogP contribution in [-0.2, 0) is 6.18 Å². The van der Waals surface area contributed by atoms with Gasteiger partial charge in [0.1, 0.15) is 17.3 Å². The van der Waals surface area contributed by atoms with E-state index in [-0.39, 0.29) is 5.92 Å². The van der Waals surface area contributed by atoms with Gasteiger partial charge >= 0.3 is 12.2 Å². The number of nitrogens with one attached hydrogen (secondary N) is 1. The van der Waals surface area contributed by atoms with Gasteiger partial charge in [-0.3, -0.25) is 0 Å². The highest BCUT2D eigenvalue weighted by Gasteiger charge is 2.35. The highest BCUT2D eigenvalue weighted by molar-refractivity contribution is 7.10. The Morgan fingerprint density at radius 1 is 1.14 bits per heavy atom. The first kappa shape index (κ1) is 24.9. The number of aryl methyl sites for hydroxylation is 1. The molecule has 11 heteroatoms. The first-order chi connectivity index (χ1) is 17.7. The number of carbonyl (C=O) groups is 1. The molecule has 4 aromatic rings. The lowest BCUT2D eigenvalue weighted by molar-refractivity contribution is -0.137. The number of nitrogens with zero attached hydrogens (tertiary/aromatic N) is 3. The fourth-order valence-corrected chi connectivity index (χ4v) is 5.42. The summed E-state index contributed by atoms with van der Waals surface area (Å²) in [5.41, 5.74) is 1.58. The molecule has 6 nitrogen and oxygen atoms in total. The number of alkyl halides is 3. The lowest BCUT2D eigenvalue weighted by Gasteiger charge is -2.31. The summed E-state index contributed by atoms with van der Waals surface area (Å²) >= 11 is 1.53. The average molecular weight is 531 g/mol. The zero-order chi connectivity index (χ0) is 26.2. The van der Waals surface area contributed by atoms with E-state index in [0.29, 0.717) is 37.8 Å². The summed E-state index contributed by atoms with van der Waals surface area (Å²) in [6.45, 7) is 2.56. The summed E-state index contributed by atoms with van der Waals surface area (Å²) in [5, 5.41) is 9.40. The predicted molar refractivity (Wildman–Crippen MR) is 132 cm³/mol. The van der Waals surface area contributed by atoms with Gasteiger partial charge in [0.15, 0.2) is 0 Å². The monoisotopic (exact) mass is 530 g/mol. The predicted octanol–water partition coefficient (Wildman–Crippen LogP) is 7.34. The number of benzene rings is 2. The molecule has 0 radical (unpaired) electrons. The van der Waals surface area contributed by atoms with E-state index in [1.54, 1.807) is 0 Å². The Bertz CT molecular complexity index is 1410. The second-order valence-corrected chi connectivity index (χ2v) is 9.67. The lowest BCUT2D eigenvalue weighted by Crippen LogP contribution is -2.40. The van der Waals surface area contributed by atoms with Crippen LogP contribution in [0.5, 0.6) is 0 Å². The smallest absolute Gasteiger partial charge is 0.360 e. The molecule has 1 aliphatic heterocycles. The van der Waals surface area contributed by atoms with Crippen LogP contribution in [-0.4, -0.2) is 34.2 Å². The maximum atomic E-state index is 13.4. The summed E-state index contributed by atoms with van der Waals surface area (Å²) < 4.78 is 58.6. The zero-order valence-corrected chi connectivity index (χ0v) is 20.5. The Labute approximate surface area is 213 Å². The number of anilines is 1. The van der Waals surface area contributed by atoms with E-state index in [4.69, 9.17) is 9.51 Å². The Morgan fingerprint density at radius 3 is 2.57 bits per heavy atom. The molecule has 0 aliphatic carbocycles. The van der Waals surface area contributed by atoms with Crippen LogP contribution in [0.4, 0.5) is 28.0 Å². The van der Waals surface area contributed by atoms with Gasteiger partial charge in [0.05, 0.1) is 27.5 Å². The van der Waals surface area contributed by atoms with Crippen LogP contribution in [0, 0.1) is 12.7 Å². The molecule has 0 bridgehead atoms. The van der Waals surface area contributed by atoms with Gasteiger partial charge < -0.3 is 14.7 Å². The molecule has 2 aromatic heterocycles. The largest absolute Gasteiger partial charge is 0.418 e. The topological polar surface area (TPSA) is 71.3 Å². The number of aromatic nitrogens is 2. The van der Waals surface area contributed by atoms with Crippen molar-refractivity contribution < 1.29 is 26.9 Å². The molecule has 2 amide bonds. The van der Waals surface area contributed by atoms with E-state index in [1.807, 2.05) is 42.6 Å². The first-order valence-corrected chi connectivity index (χ1v) is 12.5. The Kier molecular flexibility index (Phi) is 6.72. The molecular formula is C26H22F4N4O2S. The van der Waals surface area contributed by atoms with Gasteiger partial charge in [-0.05, 0) is 38.0 Å². The van der Waals surface area contributed by atoms with E-state index in [0.717, 1.165) is 39.7 Å². The highest BCUT2D eigenvalue weighted by atomic mass is 32.1. The maximum absolute atomic E-state index is 13.4. The van der Waals surface area contributed by atoms with Gasteiger partial charge in [0.25, 0.3) is 0 Å². The number of urea groups is 1. The minimum absolute atomic E-state index is 0.111. The third-order valence-electron chi connectivity index (χ3n) is 6.35. The fourth-order valence-electron chi connectivity index (χ4n) is 4.44. The molecule has 2 aromatic carbocycles. The molecule has 0 atom stereocenters. The van der Waals surface area contributed by atoms with Gasteiger partial charge in [-0.25, -0.2) is 14.2 Å². The normalized spacial score (nSPS) is 14.7. The van der Waals surface area contributed by atoms with Crippen molar-refractivity contribution in [3.63, 3.8) is 0 Å². The van der Waals surface area contributed by atoms with Gasteiger partial charge in [0, 0.05) is 30.0 Å². The standard InChI is InChI=1S/C26H22F4N4O2S/c1-15-22(23(33-36-15)16-5-3-2-4-6-16)21-14-37-24(31-21)17-9-11-34(12-10-17)25(35)32-20-8-7-18(27)13-19(20)26(28,29)30/h2-8,13-14,17H,9-12H2,1H3,(H,32,35). The number of halogens is 4. The number of piperidine rings is 1.